The zero-order valence-electron chi connectivity index (χ0n) is 34.7. The minimum Gasteiger partial charge on any atom is -0.260 e. The standard InChI is InChI=1S/2C17H15N3.4C2H3N.2ClHO4.Co/c2*1-17(14-8-2-5-11-18-14,15-9-3-6-12-19-15)16-10-4-7-13-20-16;4*1-2-3;2*2-1(3,4)5;/h2*2-13H,1H3;4*1H3;2*(H,2,3,4,5);/q;;;;;;;;+2/p-2. The first-order valence-electron chi connectivity index (χ1n) is 17.3. The molecule has 6 aromatic heterocycles. The van der Waals surface area contributed by atoms with Gasteiger partial charge in [0.15, 0.2) is 0 Å². The normalized spacial score (nSPS) is 9.56. The van der Waals surface area contributed by atoms with Crippen molar-refractivity contribution in [2.24, 2.45) is 0 Å². The molecule has 6 aromatic rings. The number of pyridine rings is 6. The minimum atomic E-state index is -4.94. The van der Waals surface area contributed by atoms with Crippen molar-refractivity contribution in [3.05, 3.63) is 181 Å². The summed E-state index contributed by atoms with van der Waals surface area (Å²) in [6.07, 6.45) is 10.8. The van der Waals surface area contributed by atoms with E-state index >= 15 is 0 Å². The van der Waals surface area contributed by atoms with Gasteiger partial charge in [0.25, 0.3) is 0 Å². The average molecular weight is 945 g/mol. The fourth-order valence-electron chi connectivity index (χ4n) is 4.74. The molecule has 0 saturated carbocycles. The number of hydrogen-bond donors (Lipinski definition) is 0. The van der Waals surface area contributed by atoms with Crippen LogP contribution in [-0.2, 0) is 27.6 Å². The number of halogens is 2. The van der Waals surface area contributed by atoms with E-state index in [1.807, 2.05) is 109 Å². The van der Waals surface area contributed by atoms with E-state index in [1.165, 1.54) is 27.7 Å². The Balaban J connectivity index is -0.000000777. The molecule has 0 aliphatic carbocycles. The molecule has 21 heteroatoms. The zero-order valence-corrected chi connectivity index (χ0v) is 37.2. The Morgan fingerprint density at radius 3 is 0.540 bits per heavy atom. The number of aromatic nitrogens is 6. The van der Waals surface area contributed by atoms with Crippen LogP contribution in [0.15, 0.2) is 146 Å². The maximum absolute atomic E-state index is 8.49. The van der Waals surface area contributed by atoms with Crippen LogP contribution in [0.25, 0.3) is 0 Å². The van der Waals surface area contributed by atoms with Gasteiger partial charge < -0.3 is 0 Å². The molecule has 6 heterocycles. The molecule has 0 spiro atoms. The SMILES string of the molecule is CC#N.CC#N.CC#N.CC#N.CC(c1ccccn1)(c1ccccn1)c1ccccn1.CC(c1ccccn1)(c1ccccn1)c1ccccn1.[Co+2].[O-][Cl+3]([O-])([O-])[O-].[O-][Cl+3]([O-])([O-])[O-]. The monoisotopic (exact) mass is 943 g/mol. The summed E-state index contributed by atoms with van der Waals surface area (Å²) in [6.45, 7) is 9.94. The predicted octanol–water partition coefficient (Wildman–Crippen LogP) is -0.943. The van der Waals surface area contributed by atoms with E-state index < -0.39 is 31.3 Å². The molecule has 0 bridgehead atoms. The van der Waals surface area contributed by atoms with Crippen molar-refractivity contribution in [2.75, 3.05) is 0 Å². The summed E-state index contributed by atoms with van der Waals surface area (Å²) in [4.78, 5) is 27.1. The summed E-state index contributed by atoms with van der Waals surface area (Å²) in [6, 6.07) is 42.6. The minimum absolute atomic E-state index is 0. The predicted molar refractivity (Wildman–Crippen MR) is 202 cm³/mol. The van der Waals surface area contributed by atoms with Crippen molar-refractivity contribution in [1.29, 1.82) is 21.0 Å². The third kappa shape index (κ3) is 26.5. The topological polar surface area (TPSA) is 357 Å². The molecule has 0 fully saturated rings. The fourth-order valence-corrected chi connectivity index (χ4v) is 4.74. The molecular weight excluding hydrogens is 902 g/mol. The van der Waals surface area contributed by atoms with Crippen LogP contribution in [0.3, 0.4) is 0 Å². The number of rotatable bonds is 6. The van der Waals surface area contributed by atoms with Gasteiger partial charge in [0, 0.05) is 64.9 Å². The van der Waals surface area contributed by atoms with Gasteiger partial charge in [-0.15, -0.1) is 20.5 Å². The Morgan fingerprint density at radius 1 is 0.349 bits per heavy atom. The van der Waals surface area contributed by atoms with Gasteiger partial charge in [-0.3, -0.25) is 29.9 Å². The third-order valence-corrected chi connectivity index (χ3v) is 7.06. The van der Waals surface area contributed by atoms with E-state index in [2.05, 4.69) is 43.8 Å². The molecular formula is C42H42Cl2CoN10O8. The Kier molecular flexibility index (Phi) is 33.1. The summed E-state index contributed by atoms with van der Waals surface area (Å²) in [5.41, 5.74) is 4.74. The van der Waals surface area contributed by atoms with Gasteiger partial charge >= 0.3 is 16.8 Å². The van der Waals surface area contributed by atoms with Crippen LogP contribution in [0, 0.1) is 65.8 Å². The largest absolute Gasteiger partial charge is 2.00 e. The van der Waals surface area contributed by atoms with E-state index in [4.69, 9.17) is 58.3 Å². The Labute approximate surface area is 381 Å². The second-order valence-corrected chi connectivity index (χ2v) is 12.7. The summed E-state index contributed by atoms with van der Waals surface area (Å²) in [5.74, 6) is 0. The van der Waals surface area contributed by atoms with Crippen molar-refractivity contribution in [2.45, 2.75) is 52.4 Å². The van der Waals surface area contributed by atoms with Gasteiger partial charge in [0.1, 0.15) is 0 Å². The van der Waals surface area contributed by atoms with Crippen LogP contribution in [0.5, 0.6) is 0 Å². The molecule has 331 valence electrons. The molecule has 18 nitrogen and oxygen atoms in total. The molecule has 0 N–H and O–H groups in total. The van der Waals surface area contributed by atoms with Gasteiger partial charge in [-0.2, -0.15) is 21.0 Å². The number of nitrogens with zero attached hydrogens (tertiary/aromatic N) is 10. The average Bonchev–Trinajstić information content (AvgIpc) is 3.25. The molecule has 0 aliphatic heterocycles. The van der Waals surface area contributed by atoms with E-state index in [0.29, 0.717) is 0 Å². The number of nitriles is 4. The van der Waals surface area contributed by atoms with E-state index in [-0.39, 0.29) is 16.8 Å². The Bertz CT molecular complexity index is 1820. The maximum Gasteiger partial charge on any atom is 2.00 e. The zero-order chi connectivity index (χ0) is 47.5. The van der Waals surface area contributed by atoms with Gasteiger partial charge in [0.05, 0.1) is 69.3 Å². The molecule has 63 heavy (non-hydrogen) atoms. The molecule has 1 radical (unpaired) electrons. The number of hydrogen-bond acceptors (Lipinski definition) is 18. The fraction of sp³-hybridized carbons (Fsp3) is 0.190. The second-order valence-electron chi connectivity index (χ2n) is 11.2. The Hall–Kier alpha value is -6.37. The molecule has 6 rings (SSSR count). The van der Waals surface area contributed by atoms with Crippen LogP contribution in [0.2, 0.25) is 0 Å². The van der Waals surface area contributed by atoms with Crippen LogP contribution >= 0.6 is 0 Å². The van der Waals surface area contributed by atoms with E-state index in [0.717, 1.165) is 34.2 Å². The first kappa shape index (κ1) is 60.9. The molecule has 0 aliphatic rings. The quantitative estimate of drug-likeness (QED) is 0.194. The van der Waals surface area contributed by atoms with E-state index in [9.17, 15) is 0 Å². The van der Waals surface area contributed by atoms with Gasteiger partial charge in [0.2, 0.25) is 0 Å². The van der Waals surface area contributed by atoms with Crippen molar-refractivity contribution in [3.8, 4) is 24.3 Å². The van der Waals surface area contributed by atoms with Crippen molar-refractivity contribution >= 4 is 0 Å². The summed E-state index contributed by atoms with van der Waals surface area (Å²) >= 11 is 0. The molecule has 0 aromatic carbocycles. The summed E-state index contributed by atoms with van der Waals surface area (Å²) in [7, 11) is -9.89. The first-order chi connectivity index (χ1) is 29.3. The molecule has 0 atom stereocenters. The smallest absolute Gasteiger partial charge is 0.260 e. The van der Waals surface area contributed by atoms with Crippen molar-refractivity contribution in [3.63, 3.8) is 0 Å². The van der Waals surface area contributed by atoms with Gasteiger partial charge in [-0.1, -0.05) is 36.4 Å². The van der Waals surface area contributed by atoms with Gasteiger partial charge in [-0.05, 0) is 86.6 Å². The van der Waals surface area contributed by atoms with Crippen molar-refractivity contribution < 1.29 is 74.5 Å². The first-order valence-corrected chi connectivity index (χ1v) is 19.7. The van der Waals surface area contributed by atoms with Crippen molar-refractivity contribution in [1.82, 2.24) is 29.9 Å². The van der Waals surface area contributed by atoms with Crippen LogP contribution in [0.4, 0.5) is 0 Å². The van der Waals surface area contributed by atoms with Crippen LogP contribution in [-0.4, -0.2) is 29.9 Å². The second kappa shape index (κ2) is 34.2. The third-order valence-electron chi connectivity index (χ3n) is 7.06. The van der Waals surface area contributed by atoms with Crippen LogP contribution < -0.4 is 37.3 Å². The summed E-state index contributed by atoms with van der Waals surface area (Å²) < 4.78 is 67.9. The van der Waals surface area contributed by atoms with Gasteiger partial charge in [-0.25, -0.2) is 37.3 Å². The molecule has 0 amide bonds. The Morgan fingerprint density at radius 2 is 0.460 bits per heavy atom. The molecule has 0 unspecified atom stereocenters. The molecule has 0 saturated heterocycles. The van der Waals surface area contributed by atoms with E-state index in [1.54, 1.807) is 61.5 Å². The summed E-state index contributed by atoms with van der Waals surface area (Å²) in [5, 5.41) is 29.3. The van der Waals surface area contributed by atoms with Crippen LogP contribution in [0.1, 0.15) is 75.7 Å². The maximum atomic E-state index is 8.49.